The van der Waals surface area contributed by atoms with E-state index in [9.17, 15) is 4.39 Å². The molecule has 1 saturated heterocycles. The van der Waals surface area contributed by atoms with E-state index in [2.05, 4.69) is 89.7 Å². The highest BCUT2D eigenvalue weighted by molar-refractivity contribution is 5.83. The second-order valence-electron chi connectivity index (χ2n) is 10.4. The molecule has 0 spiro atoms. The zero-order chi connectivity index (χ0) is 24.3. The average molecular weight is 474 g/mol. The summed E-state index contributed by atoms with van der Waals surface area (Å²) in [5.74, 6) is 0.904. The summed E-state index contributed by atoms with van der Waals surface area (Å²) >= 11 is 0. The standard InChI is InChI=1S/C32H28FN3/c1-22-16-30-25(18-34-36(30)27-14-12-26(33)13-15-27)17-28(22)32-21-35(19-23-8-4-2-5-9-23)20-29(32)31(32)24-10-6-3-7-11-24/h2-18,29,31H,19-21H2,1H3/t29-,31+,32+/m0/s1. The SMILES string of the molecule is Cc1cc2c(cnn2-c2ccc(F)cc2)cc1[C@]12CN(Cc3ccccc3)C[C@H]1[C@H]2c1ccccc1. The Kier molecular flexibility index (Phi) is 4.87. The van der Waals surface area contributed by atoms with Crippen molar-refractivity contribution >= 4 is 10.9 Å². The van der Waals surface area contributed by atoms with Gasteiger partial charge in [-0.2, -0.15) is 5.10 Å². The third-order valence-corrected chi connectivity index (χ3v) is 8.34. The highest BCUT2D eigenvalue weighted by Gasteiger charge is 2.70. The highest BCUT2D eigenvalue weighted by atomic mass is 19.1. The van der Waals surface area contributed by atoms with E-state index in [1.54, 1.807) is 12.1 Å². The van der Waals surface area contributed by atoms with E-state index < -0.39 is 0 Å². The lowest BCUT2D eigenvalue weighted by Crippen LogP contribution is -2.29. The molecule has 0 unspecified atom stereocenters. The topological polar surface area (TPSA) is 21.1 Å². The highest BCUT2D eigenvalue weighted by Crippen LogP contribution is 2.69. The minimum atomic E-state index is -0.235. The molecule has 0 bridgehead atoms. The lowest BCUT2D eigenvalue weighted by atomic mass is 9.86. The molecule has 1 aliphatic heterocycles. The summed E-state index contributed by atoms with van der Waals surface area (Å²) in [5.41, 5.74) is 7.62. The molecular weight excluding hydrogens is 445 g/mol. The number of rotatable bonds is 5. The summed E-state index contributed by atoms with van der Waals surface area (Å²) < 4.78 is 15.4. The van der Waals surface area contributed by atoms with Gasteiger partial charge in [-0.15, -0.1) is 0 Å². The number of piperidine rings is 1. The molecule has 1 saturated carbocycles. The number of fused-ring (bicyclic) bond motifs is 2. The smallest absolute Gasteiger partial charge is 0.123 e. The van der Waals surface area contributed by atoms with E-state index >= 15 is 0 Å². The first kappa shape index (κ1) is 21.5. The molecule has 0 radical (unpaired) electrons. The van der Waals surface area contributed by atoms with Gasteiger partial charge in [0.25, 0.3) is 0 Å². The van der Waals surface area contributed by atoms with Gasteiger partial charge in [-0.1, -0.05) is 60.7 Å². The Bertz CT molecular complexity index is 1540. The molecule has 5 aromatic rings. The number of aryl methyl sites for hydroxylation is 1. The van der Waals surface area contributed by atoms with Crippen LogP contribution in [0.2, 0.25) is 0 Å². The predicted octanol–water partition coefficient (Wildman–Crippen LogP) is 6.64. The van der Waals surface area contributed by atoms with Gasteiger partial charge in [0.05, 0.1) is 17.4 Å². The molecule has 7 rings (SSSR count). The van der Waals surface area contributed by atoms with Crippen molar-refractivity contribution < 1.29 is 4.39 Å². The van der Waals surface area contributed by atoms with Gasteiger partial charge in [0.2, 0.25) is 0 Å². The van der Waals surface area contributed by atoms with E-state index in [0.717, 1.165) is 36.2 Å². The quantitative estimate of drug-likeness (QED) is 0.285. The molecule has 178 valence electrons. The summed E-state index contributed by atoms with van der Waals surface area (Å²) in [4.78, 5) is 2.63. The van der Waals surface area contributed by atoms with Crippen molar-refractivity contribution in [2.75, 3.05) is 13.1 Å². The lowest BCUT2D eigenvalue weighted by Gasteiger charge is -2.26. The zero-order valence-corrected chi connectivity index (χ0v) is 20.3. The second kappa shape index (κ2) is 8.14. The molecule has 4 heteroatoms. The van der Waals surface area contributed by atoms with Gasteiger partial charge in [-0.3, -0.25) is 4.90 Å². The predicted molar refractivity (Wildman–Crippen MR) is 142 cm³/mol. The maximum absolute atomic E-state index is 13.5. The Labute approximate surface area is 210 Å². The molecule has 2 aliphatic rings. The third-order valence-electron chi connectivity index (χ3n) is 8.34. The summed E-state index contributed by atoms with van der Waals surface area (Å²) in [7, 11) is 0. The van der Waals surface area contributed by atoms with E-state index in [0.29, 0.717) is 11.8 Å². The van der Waals surface area contributed by atoms with Crippen LogP contribution in [0, 0.1) is 18.7 Å². The van der Waals surface area contributed by atoms with Crippen LogP contribution in [0.15, 0.2) is 103 Å². The van der Waals surface area contributed by atoms with Gasteiger partial charge in [-0.25, -0.2) is 9.07 Å². The van der Waals surface area contributed by atoms with Crippen molar-refractivity contribution in [2.24, 2.45) is 5.92 Å². The molecule has 1 aliphatic carbocycles. The number of hydrogen-bond donors (Lipinski definition) is 0. The summed E-state index contributed by atoms with van der Waals surface area (Å²) in [6.45, 7) is 5.40. The van der Waals surface area contributed by atoms with Crippen molar-refractivity contribution in [3.05, 3.63) is 131 Å². The van der Waals surface area contributed by atoms with Crippen LogP contribution < -0.4 is 0 Å². The first-order valence-corrected chi connectivity index (χ1v) is 12.7. The largest absolute Gasteiger partial charge is 0.298 e. The van der Waals surface area contributed by atoms with E-state index in [4.69, 9.17) is 0 Å². The molecule has 3 nitrogen and oxygen atoms in total. The van der Waals surface area contributed by atoms with Gasteiger partial charge in [0.1, 0.15) is 5.82 Å². The van der Waals surface area contributed by atoms with Crippen LogP contribution in [0.3, 0.4) is 0 Å². The fourth-order valence-corrected chi connectivity index (χ4v) is 6.79. The minimum absolute atomic E-state index is 0.117. The van der Waals surface area contributed by atoms with Crippen LogP contribution in [-0.2, 0) is 12.0 Å². The Morgan fingerprint density at radius 2 is 1.64 bits per heavy atom. The van der Waals surface area contributed by atoms with Gasteiger partial charge in [0.15, 0.2) is 0 Å². The number of nitrogens with zero attached hydrogens (tertiary/aromatic N) is 3. The van der Waals surface area contributed by atoms with Gasteiger partial charge < -0.3 is 0 Å². The Morgan fingerprint density at radius 3 is 2.39 bits per heavy atom. The van der Waals surface area contributed by atoms with Crippen LogP contribution in [0.1, 0.15) is 28.2 Å². The Hall–Kier alpha value is -3.76. The first-order chi connectivity index (χ1) is 17.6. The van der Waals surface area contributed by atoms with Crippen molar-refractivity contribution in [1.82, 2.24) is 14.7 Å². The van der Waals surface area contributed by atoms with E-state index in [1.807, 2.05) is 10.9 Å². The molecule has 3 atom stereocenters. The maximum Gasteiger partial charge on any atom is 0.123 e. The summed E-state index contributed by atoms with van der Waals surface area (Å²) in [5, 5.41) is 5.80. The molecule has 2 heterocycles. The Morgan fingerprint density at radius 1 is 0.917 bits per heavy atom. The fraction of sp³-hybridized carbons (Fsp3) is 0.219. The second-order valence-corrected chi connectivity index (χ2v) is 10.4. The van der Waals surface area contributed by atoms with Gasteiger partial charge in [-0.05, 0) is 71.5 Å². The van der Waals surface area contributed by atoms with Gasteiger partial charge in [0, 0.05) is 36.4 Å². The number of hydrogen-bond acceptors (Lipinski definition) is 2. The van der Waals surface area contributed by atoms with Crippen molar-refractivity contribution in [2.45, 2.75) is 24.8 Å². The maximum atomic E-state index is 13.5. The van der Waals surface area contributed by atoms with Crippen molar-refractivity contribution in [3.8, 4) is 5.69 Å². The molecule has 36 heavy (non-hydrogen) atoms. The third kappa shape index (κ3) is 3.32. The minimum Gasteiger partial charge on any atom is -0.298 e. The Balaban J connectivity index is 1.29. The summed E-state index contributed by atoms with van der Waals surface area (Å²) in [6, 6.07) is 33.0. The molecule has 4 aromatic carbocycles. The molecule has 2 fully saturated rings. The summed E-state index contributed by atoms with van der Waals surface area (Å²) in [6.07, 6.45) is 1.95. The zero-order valence-electron chi connectivity index (χ0n) is 20.3. The van der Waals surface area contributed by atoms with Gasteiger partial charge >= 0.3 is 0 Å². The molecular formula is C32H28FN3. The lowest BCUT2D eigenvalue weighted by molar-refractivity contribution is 0.282. The number of halogens is 1. The van der Waals surface area contributed by atoms with E-state index in [-0.39, 0.29) is 11.2 Å². The van der Waals surface area contributed by atoms with E-state index in [1.165, 1.54) is 34.4 Å². The van der Waals surface area contributed by atoms with Crippen molar-refractivity contribution in [1.29, 1.82) is 0 Å². The normalized spacial score (nSPS) is 23.2. The average Bonchev–Trinajstić information content (AvgIpc) is 3.15. The van der Waals surface area contributed by atoms with Crippen LogP contribution in [0.4, 0.5) is 4.39 Å². The number of benzene rings is 4. The van der Waals surface area contributed by atoms with Crippen LogP contribution >= 0.6 is 0 Å². The first-order valence-electron chi connectivity index (χ1n) is 12.7. The van der Waals surface area contributed by atoms with Crippen LogP contribution in [0.5, 0.6) is 0 Å². The number of aromatic nitrogens is 2. The molecule has 0 N–H and O–H groups in total. The monoisotopic (exact) mass is 473 g/mol. The van der Waals surface area contributed by atoms with Crippen LogP contribution in [-0.4, -0.2) is 27.8 Å². The fourth-order valence-electron chi connectivity index (χ4n) is 6.79. The van der Waals surface area contributed by atoms with Crippen LogP contribution in [0.25, 0.3) is 16.6 Å². The van der Waals surface area contributed by atoms with Crippen molar-refractivity contribution in [3.63, 3.8) is 0 Å². The molecule has 1 aromatic heterocycles. The number of likely N-dealkylation sites (tertiary alicyclic amines) is 1. The molecule has 0 amide bonds.